The van der Waals surface area contributed by atoms with Crippen LogP contribution in [0.5, 0.6) is 0 Å². The number of hydrogen-bond donors (Lipinski definition) is 0. The fourth-order valence-electron chi connectivity index (χ4n) is 3.01. The standard InChI is InChI=1S/C17H15FN4O3S/c18-13-5-1-6-14(10-13)26(23,24)22-9-3-7-15(22)17-21-20-16(25-17)12-4-2-8-19-11-12/h1-2,4-6,8,10-11,15H,3,7,9H2. The van der Waals surface area contributed by atoms with E-state index in [4.69, 9.17) is 4.42 Å². The molecule has 0 spiro atoms. The summed E-state index contributed by atoms with van der Waals surface area (Å²) in [6.07, 6.45) is 4.44. The molecule has 1 aliphatic rings. The van der Waals surface area contributed by atoms with Crippen LogP contribution in [0.15, 0.2) is 58.1 Å². The van der Waals surface area contributed by atoms with Crippen molar-refractivity contribution in [3.05, 3.63) is 60.5 Å². The monoisotopic (exact) mass is 374 g/mol. The first kappa shape index (κ1) is 16.8. The first-order valence-electron chi connectivity index (χ1n) is 8.07. The highest BCUT2D eigenvalue weighted by atomic mass is 32.2. The minimum absolute atomic E-state index is 0.0867. The van der Waals surface area contributed by atoms with Crippen LogP contribution < -0.4 is 0 Å². The first-order valence-corrected chi connectivity index (χ1v) is 9.51. The fraction of sp³-hybridized carbons (Fsp3) is 0.235. The van der Waals surface area contributed by atoms with E-state index in [1.165, 1.54) is 22.5 Å². The van der Waals surface area contributed by atoms with E-state index in [-0.39, 0.29) is 16.7 Å². The van der Waals surface area contributed by atoms with E-state index >= 15 is 0 Å². The van der Waals surface area contributed by atoms with Crippen molar-refractivity contribution in [3.8, 4) is 11.5 Å². The lowest BCUT2D eigenvalue weighted by Crippen LogP contribution is -2.31. The Hall–Kier alpha value is -2.65. The Morgan fingerprint density at radius 3 is 2.85 bits per heavy atom. The molecule has 7 nitrogen and oxygen atoms in total. The number of halogens is 1. The molecule has 0 bridgehead atoms. The van der Waals surface area contributed by atoms with Crippen molar-refractivity contribution in [2.75, 3.05) is 6.54 Å². The minimum Gasteiger partial charge on any atom is -0.419 e. The van der Waals surface area contributed by atoms with Gasteiger partial charge in [-0.2, -0.15) is 4.31 Å². The number of hydrogen-bond acceptors (Lipinski definition) is 6. The lowest BCUT2D eigenvalue weighted by atomic mass is 10.2. The van der Waals surface area contributed by atoms with Crippen LogP contribution in [0.3, 0.4) is 0 Å². The molecule has 134 valence electrons. The van der Waals surface area contributed by atoms with E-state index in [1.54, 1.807) is 24.5 Å². The second kappa shape index (κ2) is 6.58. The van der Waals surface area contributed by atoms with E-state index in [0.717, 1.165) is 6.07 Å². The van der Waals surface area contributed by atoms with E-state index in [0.29, 0.717) is 24.9 Å². The lowest BCUT2D eigenvalue weighted by molar-refractivity contribution is 0.332. The summed E-state index contributed by atoms with van der Waals surface area (Å²) in [5.74, 6) is -0.0945. The molecule has 9 heteroatoms. The van der Waals surface area contributed by atoms with Crippen molar-refractivity contribution >= 4 is 10.0 Å². The maximum absolute atomic E-state index is 13.5. The highest BCUT2D eigenvalue weighted by Crippen LogP contribution is 2.36. The van der Waals surface area contributed by atoms with Gasteiger partial charge in [-0.25, -0.2) is 12.8 Å². The molecule has 0 amide bonds. The first-order chi connectivity index (χ1) is 12.6. The second-order valence-electron chi connectivity index (χ2n) is 5.92. The molecule has 0 aliphatic carbocycles. The SMILES string of the molecule is O=S(=O)(c1cccc(F)c1)N1CCCC1c1nnc(-c2cccnc2)o1. The van der Waals surface area contributed by atoms with Gasteiger partial charge in [-0.3, -0.25) is 4.98 Å². The molecule has 1 saturated heterocycles. The molecule has 1 unspecified atom stereocenters. The topological polar surface area (TPSA) is 89.2 Å². The van der Waals surface area contributed by atoms with Crippen molar-refractivity contribution in [2.45, 2.75) is 23.8 Å². The summed E-state index contributed by atoms with van der Waals surface area (Å²) in [4.78, 5) is 3.91. The molecule has 0 radical (unpaired) electrons. The van der Waals surface area contributed by atoms with E-state index in [9.17, 15) is 12.8 Å². The van der Waals surface area contributed by atoms with Crippen LogP contribution in [0.2, 0.25) is 0 Å². The van der Waals surface area contributed by atoms with Gasteiger partial charge in [0.25, 0.3) is 0 Å². The van der Waals surface area contributed by atoms with Crippen LogP contribution in [-0.4, -0.2) is 34.4 Å². The van der Waals surface area contributed by atoms with Crippen LogP contribution >= 0.6 is 0 Å². The maximum atomic E-state index is 13.5. The Kier molecular flexibility index (Phi) is 4.25. The molecule has 1 atom stereocenters. The van der Waals surface area contributed by atoms with Crippen LogP contribution in [0.1, 0.15) is 24.8 Å². The predicted octanol–water partition coefficient (Wildman–Crippen LogP) is 2.80. The van der Waals surface area contributed by atoms with Gasteiger partial charge in [0.05, 0.1) is 10.5 Å². The van der Waals surface area contributed by atoms with Crippen molar-refractivity contribution in [2.24, 2.45) is 0 Å². The Labute approximate surface area is 149 Å². The van der Waals surface area contributed by atoms with Crippen LogP contribution in [0.25, 0.3) is 11.5 Å². The number of benzene rings is 1. The van der Waals surface area contributed by atoms with E-state index in [2.05, 4.69) is 15.2 Å². The van der Waals surface area contributed by atoms with Crippen molar-refractivity contribution in [1.82, 2.24) is 19.5 Å². The van der Waals surface area contributed by atoms with Gasteiger partial charge in [0.15, 0.2) is 0 Å². The molecular weight excluding hydrogens is 359 g/mol. The fourth-order valence-corrected chi connectivity index (χ4v) is 4.70. The molecule has 0 N–H and O–H groups in total. The molecule has 4 rings (SSSR count). The smallest absolute Gasteiger partial charge is 0.249 e. The van der Waals surface area contributed by atoms with E-state index < -0.39 is 21.9 Å². The summed E-state index contributed by atoms with van der Waals surface area (Å²) in [6.45, 7) is 0.314. The van der Waals surface area contributed by atoms with Crippen molar-refractivity contribution in [1.29, 1.82) is 0 Å². The van der Waals surface area contributed by atoms with Gasteiger partial charge in [0.1, 0.15) is 11.9 Å². The van der Waals surface area contributed by atoms with Crippen LogP contribution in [-0.2, 0) is 10.0 Å². The zero-order valence-electron chi connectivity index (χ0n) is 13.6. The molecule has 3 heterocycles. The third-order valence-corrected chi connectivity index (χ3v) is 6.14. The van der Waals surface area contributed by atoms with Crippen LogP contribution in [0, 0.1) is 5.82 Å². The molecule has 1 fully saturated rings. The summed E-state index contributed by atoms with van der Waals surface area (Å²) in [7, 11) is -3.86. The largest absolute Gasteiger partial charge is 0.419 e. The molecule has 2 aromatic heterocycles. The summed E-state index contributed by atoms with van der Waals surface area (Å²) in [5, 5.41) is 8.02. The van der Waals surface area contributed by atoms with Gasteiger partial charge >= 0.3 is 0 Å². The van der Waals surface area contributed by atoms with Crippen molar-refractivity contribution < 1.29 is 17.2 Å². The number of rotatable bonds is 4. The average molecular weight is 374 g/mol. The van der Waals surface area contributed by atoms with Gasteiger partial charge in [-0.1, -0.05) is 6.07 Å². The van der Waals surface area contributed by atoms with Crippen LogP contribution in [0.4, 0.5) is 4.39 Å². The average Bonchev–Trinajstić information content (AvgIpc) is 3.32. The summed E-state index contributed by atoms with van der Waals surface area (Å²) in [5.41, 5.74) is 0.656. The summed E-state index contributed by atoms with van der Waals surface area (Å²) < 4.78 is 46.3. The second-order valence-corrected chi connectivity index (χ2v) is 7.81. The highest BCUT2D eigenvalue weighted by molar-refractivity contribution is 7.89. The van der Waals surface area contributed by atoms with Gasteiger partial charge < -0.3 is 4.42 Å². The van der Waals surface area contributed by atoms with Gasteiger partial charge in [0, 0.05) is 18.9 Å². The Morgan fingerprint density at radius 2 is 2.08 bits per heavy atom. The normalized spacial score (nSPS) is 18.3. The Bertz CT molecular complexity index is 1020. The quantitative estimate of drug-likeness (QED) is 0.698. The predicted molar refractivity (Wildman–Crippen MR) is 89.8 cm³/mol. The van der Waals surface area contributed by atoms with Gasteiger partial charge in [-0.05, 0) is 43.2 Å². The molecule has 26 heavy (non-hydrogen) atoms. The Morgan fingerprint density at radius 1 is 1.19 bits per heavy atom. The molecule has 1 aromatic carbocycles. The number of pyridine rings is 1. The third-order valence-electron chi connectivity index (χ3n) is 4.24. The molecule has 0 saturated carbocycles. The number of sulfonamides is 1. The molecule has 1 aliphatic heterocycles. The van der Waals surface area contributed by atoms with Gasteiger partial charge in [0.2, 0.25) is 21.8 Å². The highest BCUT2D eigenvalue weighted by Gasteiger charge is 2.39. The van der Waals surface area contributed by atoms with Crippen molar-refractivity contribution in [3.63, 3.8) is 0 Å². The zero-order valence-corrected chi connectivity index (χ0v) is 14.4. The Balaban J connectivity index is 1.66. The third kappa shape index (κ3) is 2.99. The summed E-state index contributed by atoms with van der Waals surface area (Å²) in [6, 6.07) is 7.93. The molecule has 3 aromatic rings. The molecular formula is C17H15FN4O3S. The van der Waals surface area contributed by atoms with Gasteiger partial charge in [-0.15, -0.1) is 10.2 Å². The minimum atomic E-state index is -3.86. The summed E-state index contributed by atoms with van der Waals surface area (Å²) >= 11 is 0. The zero-order chi connectivity index (χ0) is 18.1. The lowest BCUT2D eigenvalue weighted by Gasteiger charge is -2.21. The number of nitrogens with zero attached hydrogens (tertiary/aromatic N) is 4. The maximum Gasteiger partial charge on any atom is 0.249 e. The number of aromatic nitrogens is 3. The van der Waals surface area contributed by atoms with E-state index in [1.807, 2.05) is 0 Å².